The number of benzene rings is 3. The summed E-state index contributed by atoms with van der Waals surface area (Å²) in [6.07, 6.45) is 4.10. The van der Waals surface area contributed by atoms with Gasteiger partial charge in [-0.3, -0.25) is 10.1 Å². The number of nitrogens with zero attached hydrogens (tertiary/aromatic N) is 5. The van der Waals surface area contributed by atoms with Crippen LogP contribution in [0, 0.1) is 32.8 Å². The highest BCUT2D eigenvalue weighted by atomic mass is 35.5. The predicted octanol–water partition coefficient (Wildman–Crippen LogP) is 5.68. The summed E-state index contributed by atoms with van der Waals surface area (Å²) in [6, 6.07) is 20.7. The number of carbonyl (C=O) groups is 1. The zero-order valence-electron chi connectivity index (χ0n) is 28.5. The molecule has 0 saturated carbocycles. The van der Waals surface area contributed by atoms with Crippen LogP contribution in [0.1, 0.15) is 70.4 Å². The number of nitrogens with two attached hydrogens (primary N) is 1. The second-order valence-corrected chi connectivity index (χ2v) is 12.8. The number of alkyl halides is 1. The summed E-state index contributed by atoms with van der Waals surface area (Å²) < 4.78 is 5.35. The minimum Gasteiger partial charge on any atom is -0.462 e. The highest BCUT2D eigenvalue weighted by molar-refractivity contribution is 6.17. The van der Waals surface area contributed by atoms with Crippen LogP contribution in [-0.2, 0) is 40.3 Å². The van der Waals surface area contributed by atoms with Crippen molar-refractivity contribution in [1.82, 2.24) is 0 Å². The van der Waals surface area contributed by atoms with E-state index in [4.69, 9.17) is 27.1 Å². The van der Waals surface area contributed by atoms with E-state index in [-0.39, 0.29) is 17.0 Å². The largest absolute Gasteiger partial charge is 0.462 e. The fraction of sp³-hybridized carbons (Fsp3) is 0.432. The average Bonchev–Trinajstić information content (AvgIpc) is 3.73. The van der Waals surface area contributed by atoms with Crippen molar-refractivity contribution in [2.75, 3.05) is 48.5 Å². The van der Waals surface area contributed by atoms with E-state index >= 15 is 0 Å². The molecule has 0 fully saturated rings. The number of nitriles is 2. The Hall–Kier alpha value is -4.72. The molecule has 0 aliphatic carbocycles. The van der Waals surface area contributed by atoms with Crippen LogP contribution >= 0.6 is 11.6 Å². The smallest absolute Gasteiger partial charge is 0.338 e. The number of ether oxygens (including phenoxy) is 1. The Kier molecular flexibility index (Phi) is 14.4. The van der Waals surface area contributed by atoms with E-state index in [1.54, 1.807) is 25.1 Å². The van der Waals surface area contributed by atoms with E-state index in [0.29, 0.717) is 48.4 Å². The molecule has 3 aromatic carbocycles. The van der Waals surface area contributed by atoms with Crippen LogP contribution < -0.4 is 15.7 Å². The molecule has 0 amide bonds. The number of rotatable bonds is 15. The lowest BCUT2D eigenvalue weighted by atomic mass is 9.99. The fourth-order valence-electron chi connectivity index (χ4n) is 6.44. The first-order chi connectivity index (χ1) is 24.2. The van der Waals surface area contributed by atoms with Gasteiger partial charge in [0.1, 0.15) is 12.1 Å². The lowest BCUT2D eigenvalue weighted by Crippen LogP contribution is -2.24. The Balaban J connectivity index is 0.000000237. The average molecular weight is 703 g/mol. The quantitative estimate of drug-likeness (QED) is 0.0517. The van der Waals surface area contributed by atoms with Crippen LogP contribution in [0.15, 0.2) is 54.6 Å². The van der Waals surface area contributed by atoms with Crippen LogP contribution in [0.2, 0.25) is 0 Å². The van der Waals surface area contributed by atoms with Gasteiger partial charge in [0.05, 0.1) is 40.8 Å². The normalized spacial score (nSPS) is 14.0. The van der Waals surface area contributed by atoms with Crippen molar-refractivity contribution >= 4 is 28.9 Å². The first-order valence-corrected chi connectivity index (χ1v) is 17.3. The summed E-state index contributed by atoms with van der Waals surface area (Å²) >= 11 is 5.74. The number of halogens is 1. The topological polar surface area (TPSA) is 168 Å². The summed E-state index contributed by atoms with van der Waals surface area (Å²) in [5.41, 5.74) is 7.95. The first-order valence-electron chi connectivity index (χ1n) is 16.7. The van der Waals surface area contributed by atoms with E-state index in [9.17, 15) is 25.4 Å². The molecule has 264 valence electrons. The van der Waals surface area contributed by atoms with Gasteiger partial charge in [0.25, 0.3) is 0 Å². The van der Waals surface area contributed by atoms with Gasteiger partial charge in [0.15, 0.2) is 0 Å². The number of nitro groups is 1. The molecule has 2 N–H and O–H groups in total. The lowest BCUT2D eigenvalue weighted by Gasteiger charge is -2.21. The van der Waals surface area contributed by atoms with E-state index in [2.05, 4.69) is 33.0 Å². The van der Waals surface area contributed by atoms with Crippen molar-refractivity contribution in [2.45, 2.75) is 64.5 Å². The third-order valence-electron chi connectivity index (χ3n) is 8.68. The van der Waals surface area contributed by atoms with Crippen molar-refractivity contribution in [2.24, 2.45) is 5.90 Å². The number of hydrogen-bond acceptors (Lipinski definition) is 11. The molecule has 0 radical (unpaired) electrons. The third kappa shape index (κ3) is 10.2. The maximum absolute atomic E-state index is 12.0. The SMILES string of the molecule is CC(Cc1cc(C#N)c2c(c1)CCN2CCCCl)[N+](=O)[O-].CC(Cc1cc(C#N)c2c(c1)CCN2CCCOC(=O)c1ccccc1)OON. The summed E-state index contributed by atoms with van der Waals surface area (Å²) in [6.45, 7) is 7.08. The van der Waals surface area contributed by atoms with Crippen molar-refractivity contribution in [3.05, 3.63) is 104 Å². The molecule has 0 saturated heterocycles. The number of anilines is 2. The zero-order valence-corrected chi connectivity index (χ0v) is 29.2. The highest BCUT2D eigenvalue weighted by Crippen LogP contribution is 2.34. The molecule has 0 aromatic heterocycles. The first kappa shape index (κ1) is 38.1. The van der Waals surface area contributed by atoms with Crippen molar-refractivity contribution in [1.29, 1.82) is 10.5 Å². The Bertz CT molecular complexity index is 1710. The van der Waals surface area contributed by atoms with Crippen LogP contribution in [0.5, 0.6) is 0 Å². The number of fused-ring (bicyclic) bond motifs is 2. The number of esters is 1. The second-order valence-electron chi connectivity index (χ2n) is 12.4. The molecule has 0 spiro atoms. The predicted molar refractivity (Wildman–Crippen MR) is 191 cm³/mol. The lowest BCUT2D eigenvalue weighted by molar-refractivity contribution is -0.517. The van der Waals surface area contributed by atoms with Gasteiger partial charge in [-0.1, -0.05) is 30.3 Å². The Labute approximate surface area is 297 Å². The molecule has 2 unspecified atom stereocenters. The molecule has 2 heterocycles. The van der Waals surface area contributed by atoms with Crippen LogP contribution in [0.4, 0.5) is 11.4 Å². The van der Waals surface area contributed by atoms with E-state index in [1.165, 1.54) is 0 Å². The van der Waals surface area contributed by atoms with Crippen LogP contribution in [0.25, 0.3) is 0 Å². The minimum atomic E-state index is -0.636. The molecular formula is C37H43ClN6O6. The molecule has 12 nitrogen and oxygen atoms in total. The van der Waals surface area contributed by atoms with Gasteiger partial charge >= 0.3 is 5.97 Å². The number of hydrogen-bond donors (Lipinski definition) is 1. The van der Waals surface area contributed by atoms with Crippen molar-refractivity contribution in [3.63, 3.8) is 0 Å². The standard InChI is InChI=1S/C22H25N3O4.C15H18ClN3O2/c1-16(28-29-24)12-17-13-19-8-10-25(21(19)20(14-17)15-23)9-5-11-27-22(26)18-6-3-2-4-7-18;1-11(19(20)21)7-12-8-13-3-6-18(5-2-4-16)15(13)14(9-12)10-17/h2-4,6-7,13-14,16H,5,8-12,24H2,1H3;8-9,11H,2-7H2,1H3. The highest BCUT2D eigenvalue weighted by Gasteiger charge is 2.25. The van der Waals surface area contributed by atoms with E-state index in [0.717, 1.165) is 79.1 Å². The van der Waals surface area contributed by atoms with E-state index in [1.807, 2.05) is 37.3 Å². The molecule has 2 aliphatic rings. The molecular weight excluding hydrogens is 660 g/mol. The molecule has 5 rings (SSSR count). The molecule has 3 aromatic rings. The monoisotopic (exact) mass is 702 g/mol. The Morgan fingerprint density at radius 2 is 1.50 bits per heavy atom. The van der Waals surface area contributed by atoms with Gasteiger partial charge in [-0.15, -0.1) is 16.6 Å². The van der Waals surface area contributed by atoms with Gasteiger partial charge in [0.2, 0.25) is 6.04 Å². The number of carbonyl (C=O) groups excluding carboxylic acids is 1. The third-order valence-corrected chi connectivity index (χ3v) is 8.95. The summed E-state index contributed by atoms with van der Waals surface area (Å²) in [7, 11) is 0. The molecule has 2 aliphatic heterocycles. The minimum absolute atomic E-state index is 0.207. The van der Waals surface area contributed by atoms with Gasteiger partial charge in [-0.25, -0.2) is 9.68 Å². The van der Waals surface area contributed by atoms with Gasteiger partial charge in [-0.05, 0) is 79.1 Å². The molecule has 13 heteroatoms. The summed E-state index contributed by atoms with van der Waals surface area (Å²) in [5.74, 6) is 5.24. The zero-order chi connectivity index (χ0) is 36.0. The van der Waals surface area contributed by atoms with E-state index < -0.39 is 6.04 Å². The molecule has 0 bridgehead atoms. The van der Waals surface area contributed by atoms with Crippen molar-refractivity contribution < 1.29 is 24.3 Å². The maximum atomic E-state index is 12.0. The summed E-state index contributed by atoms with van der Waals surface area (Å²) in [4.78, 5) is 36.0. The van der Waals surface area contributed by atoms with Crippen molar-refractivity contribution in [3.8, 4) is 12.1 Å². The second kappa shape index (κ2) is 18.9. The van der Waals surface area contributed by atoms with Crippen LogP contribution in [0.3, 0.4) is 0 Å². The fourth-order valence-corrected chi connectivity index (χ4v) is 6.56. The van der Waals surface area contributed by atoms with Gasteiger partial charge < -0.3 is 14.5 Å². The van der Waals surface area contributed by atoms with Gasteiger partial charge in [-0.2, -0.15) is 16.4 Å². The molecule has 2 atom stereocenters. The Morgan fingerprint density at radius 1 is 0.940 bits per heavy atom. The summed E-state index contributed by atoms with van der Waals surface area (Å²) in [5, 5.41) is 29.8. The molecule has 50 heavy (non-hydrogen) atoms. The van der Waals surface area contributed by atoms with Gasteiger partial charge in [0, 0.05) is 56.7 Å². The Morgan fingerprint density at radius 3 is 2.02 bits per heavy atom. The maximum Gasteiger partial charge on any atom is 0.338 e. The van der Waals surface area contributed by atoms with Crippen LogP contribution in [-0.4, -0.2) is 61.7 Å².